The fourth-order valence-corrected chi connectivity index (χ4v) is 2.74. The molecule has 2 N–H and O–H groups in total. The summed E-state index contributed by atoms with van der Waals surface area (Å²) in [5, 5.41) is 6.30. The molecule has 148 valence electrons. The normalized spacial score (nSPS) is 13.8. The molecule has 0 radical (unpaired) electrons. The summed E-state index contributed by atoms with van der Waals surface area (Å²) < 4.78 is 5.75. The van der Waals surface area contributed by atoms with E-state index in [2.05, 4.69) is 20.5 Å². The van der Waals surface area contributed by atoms with E-state index in [0.29, 0.717) is 24.5 Å². The molecule has 1 saturated heterocycles. The van der Waals surface area contributed by atoms with Crippen LogP contribution in [0.25, 0.3) is 0 Å². The smallest absolute Gasteiger partial charge is 0.251 e. The van der Waals surface area contributed by atoms with Crippen molar-refractivity contribution in [2.75, 3.05) is 39.3 Å². The van der Waals surface area contributed by atoms with Gasteiger partial charge in [-0.2, -0.15) is 0 Å². The first kappa shape index (κ1) is 23.2. The molecule has 2 aromatic rings. The lowest BCUT2D eigenvalue weighted by molar-refractivity contribution is 0.0946. The molecule has 8 heteroatoms. The lowest BCUT2D eigenvalue weighted by Gasteiger charge is -2.27. The minimum atomic E-state index is -0.0676. The van der Waals surface area contributed by atoms with Gasteiger partial charge in [0.05, 0.1) is 0 Å². The average molecular weight is 413 g/mol. The fraction of sp³-hybridized carbons (Fsp3) is 0.368. The van der Waals surface area contributed by atoms with Crippen molar-refractivity contribution in [2.24, 2.45) is 0 Å². The summed E-state index contributed by atoms with van der Waals surface area (Å²) in [5.74, 6) is 0.612. The van der Waals surface area contributed by atoms with E-state index in [0.717, 1.165) is 38.3 Å². The van der Waals surface area contributed by atoms with E-state index in [9.17, 15) is 4.79 Å². The van der Waals surface area contributed by atoms with Crippen LogP contribution in [0.1, 0.15) is 15.9 Å². The number of piperazine rings is 1. The molecule has 0 unspecified atom stereocenters. The van der Waals surface area contributed by atoms with E-state index < -0.39 is 0 Å². The van der Waals surface area contributed by atoms with Crippen LogP contribution in [0.5, 0.6) is 5.75 Å². The number of carbonyl (C=O) groups excluding carboxylic acids is 1. The first-order valence-corrected chi connectivity index (χ1v) is 8.64. The van der Waals surface area contributed by atoms with E-state index in [1.165, 1.54) is 0 Å². The van der Waals surface area contributed by atoms with Gasteiger partial charge in [-0.15, -0.1) is 24.8 Å². The number of pyridine rings is 1. The lowest BCUT2D eigenvalue weighted by Crippen LogP contribution is -2.46. The molecule has 1 aliphatic rings. The number of halogens is 2. The highest BCUT2D eigenvalue weighted by molar-refractivity contribution is 5.94. The van der Waals surface area contributed by atoms with Crippen molar-refractivity contribution in [3.05, 3.63) is 59.9 Å². The molecular weight excluding hydrogens is 387 g/mol. The van der Waals surface area contributed by atoms with Gasteiger partial charge in [-0.05, 0) is 24.3 Å². The number of carbonyl (C=O) groups is 1. The third kappa shape index (κ3) is 7.72. The van der Waals surface area contributed by atoms with Crippen LogP contribution in [0.15, 0.2) is 48.8 Å². The van der Waals surface area contributed by atoms with Gasteiger partial charge in [0.15, 0.2) is 0 Å². The second kappa shape index (κ2) is 12.5. The van der Waals surface area contributed by atoms with E-state index in [1.54, 1.807) is 24.5 Å². The Morgan fingerprint density at radius 3 is 2.74 bits per heavy atom. The largest absolute Gasteiger partial charge is 0.489 e. The van der Waals surface area contributed by atoms with Gasteiger partial charge in [0, 0.05) is 62.8 Å². The van der Waals surface area contributed by atoms with E-state index >= 15 is 0 Å². The molecule has 1 amide bonds. The molecule has 6 nitrogen and oxygen atoms in total. The quantitative estimate of drug-likeness (QED) is 0.728. The molecule has 1 aromatic carbocycles. The van der Waals surface area contributed by atoms with Gasteiger partial charge < -0.3 is 15.4 Å². The minimum Gasteiger partial charge on any atom is -0.489 e. The van der Waals surface area contributed by atoms with Crippen molar-refractivity contribution in [2.45, 2.75) is 6.61 Å². The van der Waals surface area contributed by atoms with Gasteiger partial charge in [-0.25, -0.2) is 0 Å². The Balaban J connectivity index is 0.00000182. The maximum atomic E-state index is 12.3. The van der Waals surface area contributed by atoms with Crippen LogP contribution in [-0.2, 0) is 6.61 Å². The zero-order valence-electron chi connectivity index (χ0n) is 15.1. The van der Waals surface area contributed by atoms with Gasteiger partial charge in [-0.3, -0.25) is 14.7 Å². The third-order valence-electron chi connectivity index (χ3n) is 4.15. The summed E-state index contributed by atoms with van der Waals surface area (Å²) >= 11 is 0. The Labute approximate surface area is 172 Å². The maximum Gasteiger partial charge on any atom is 0.251 e. The first-order valence-electron chi connectivity index (χ1n) is 8.64. The SMILES string of the molecule is Cl.Cl.O=C(NCCN1CCNCC1)c1cccc(OCc2cccnc2)c1. The molecule has 1 fully saturated rings. The van der Waals surface area contributed by atoms with Gasteiger partial charge in [0.25, 0.3) is 5.91 Å². The van der Waals surface area contributed by atoms with Gasteiger partial charge in [0.2, 0.25) is 0 Å². The second-order valence-electron chi connectivity index (χ2n) is 6.03. The molecule has 1 aliphatic heterocycles. The molecule has 0 aliphatic carbocycles. The summed E-state index contributed by atoms with van der Waals surface area (Å²) in [6.07, 6.45) is 3.50. The van der Waals surface area contributed by atoms with Crippen molar-refractivity contribution in [1.82, 2.24) is 20.5 Å². The van der Waals surface area contributed by atoms with Crippen molar-refractivity contribution in [3.8, 4) is 5.75 Å². The Hall–Kier alpha value is -1.86. The van der Waals surface area contributed by atoms with Crippen LogP contribution in [0.4, 0.5) is 0 Å². The maximum absolute atomic E-state index is 12.3. The van der Waals surface area contributed by atoms with E-state index in [-0.39, 0.29) is 30.7 Å². The molecule has 0 atom stereocenters. The Bertz CT molecular complexity index is 682. The van der Waals surface area contributed by atoms with Crippen molar-refractivity contribution in [1.29, 1.82) is 0 Å². The third-order valence-corrected chi connectivity index (χ3v) is 4.15. The van der Waals surface area contributed by atoms with Crippen LogP contribution in [-0.4, -0.2) is 55.1 Å². The number of hydrogen-bond acceptors (Lipinski definition) is 5. The Morgan fingerprint density at radius 1 is 1.19 bits per heavy atom. The van der Waals surface area contributed by atoms with Crippen molar-refractivity contribution >= 4 is 30.7 Å². The highest BCUT2D eigenvalue weighted by Gasteiger charge is 2.10. The molecule has 0 saturated carbocycles. The summed E-state index contributed by atoms with van der Waals surface area (Å²) in [7, 11) is 0. The van der Waals surface area contributed by atoms with Crippen LogP contribution in [0, 0.1) is 0 Å². The van der Waals surface area contributed by atoms with Crippen LogP contribution >= 0.6 is 24.8 Å². The topological polar surface area (TPSA) is 66.5 Å². The minimum absolute atomic E-state index is 0. The van der Waals surface area contributed by atoms with Gasteiger partial charge >= 0.3 is 0 Å². The number of nitrogens with one attached hydrogen (secondary N) is 2. The van der Waals surface area contributed by atoms with E-state index in [1.807, 2.05) is 24.3 Å². The fourth-order valence-electron chi connectivity index (χ4n) is 2.74. The second-order valence-corrected chi connectivity index (χ2v) is 6.03. The summed E-state index contributed by atoms with van der Waals surface area (Å²) in [5.41, 5.74) is 1.61. The highest BCUT2D eigenvalue weighted by atomic mass is 35.5. The molecule has 0 bridgehead atoms. The van der Waals surface area contributed by atoms with Crippen LogP contribution < -0.4 is 15.4 Å². The molecular formula is C19H26Cl2N4O2. The number of aromatic nitrogens is 1. The molecule has 27 heavy (non-hydrogen) atoms. The van der Waals surface area contributed by atoms with Crippen molar-refractivity contribution in [3.63, 3.8) is 0 Å². The van der Waals surface area contributed by atoms with Gasteiger partial charge in [-0.1, -0.05) is 12.1 Å². The Morgan fingerprint density at radius 2 is 2.00 bits per heavy atom. The molecule has 3 rings (SSSR count). The number of nitrogens with zero attached hydrogens (tertiary/aromatic N) is 2. The standard InChI is InChI=1S/C19H24N4O2.2ClH/c24-19(22-9-12-23-10-7-20-8-11-23)17-4-1-5-18(13-17)25-15-16-3-2-6-21-14-16;;/h1-6,13-14,20H,7-12,15H2,(H,22,24);2*1H. The number of hydrogen-bond donors (Lipinski definition) is 2. The summed E-state index contributed by atoms with van der Waals surface area (Å²) in [6.45, 7) is 6.07. The summed E-state index contributed by atoms with van der Waals surface area (Å²) in [4.78, 5) is 18.7. The molecule has 0 spiro atoms. The number of rotatable bonds is 7. The zero-order chi connectivity index (χ0) is 17.3. The highest BCUT2D eigenvalue weighted by Crippen LogP contribution is 2.15. The first-order chi connectivity index (χ1) is 12.3. The van der Waals surface area contributed by atoms with Crippen LogP contribution in [0.2, 0.25) is 0 Å². The zero-order valence-corrected chi connectivity index (χ0v) is 16.7. The van der Waals surface area contributed by atoms with Crippen molar-refractivity contribution < 1.29 is 9.53 Å². The molecule has 2 heterocycles. The molecule has 1 aromatic heterocycles. The predicted molar refractivity (Wildman–Crippen MR) is 111 cm³/mol. The summed E-state index contributed by atoms with van der Waals surface area (Å²) in [6, 6.07) is 11.1. The number of amides is 1. The van der Waals surface area contributed by atoms with Gasteiger partial charge in [0.1, 0.15) is 12.4 Å². The average Bonchev–Trinajstić information content (AvgIpc) is 2.68. The van der Waals surface area contributed by atoms with E-state index in [4.69, 9.17) is 4.74 Å². The monoisotopic (exact) mass is 412 g/mol. The predicted octanol–water partition coefficient (Wildman–Crippen LogP) is 2.14. The lowest BCUT2D eigenvalue weighted by atomic mass is 10.2. The number of ether oxygens (including phenoxy) is 1. The Kier molecular flexibility index (Phi) is 10.7. The van der Waals surface area contributed by atoms with Crippen LogP contribution in [0.3, 0.4) is 0 Å². The number of benzene rings is 1.